The quantitative estimate of drug-likeness (QED) is 0.526. The van der Waals surface area contributed by atoms with E-state index in [1.165, 1.54) is 19.3 Å². The van der Waals surface area contributed by atoms with E-state index in [0.717, 1.165) is 6.42 Å². The predicted molar refractivity (Wildman–Crippen MR) is 50.4 cm³/mol. The smallest absolute Gasteiger partial charge is 0.0164 e. The van der Waals surface area contributed by atoms with Crippen LogP contribution in [0.4, 0.5) is 0 Å². The molecule has 0 bridgehead atoms. The SMILES string of the molecule is C=CCC1C=CCCC=CC1. The Morgan fingerprint density at radius 1 is 1.27 bits per heavy atom. The molecule has 0 radical (unpaired) electrons. The third kappa shape index (κ3) is 3.22. The van der Waals surface area contributed by atoms with E-state index in [0.29, 0.717) is 5.92 Å². The summed E-state index contributed by atoms with van der Waals surface area (Å²) >= 11 is 0. The third-order valence-electron chi connectivity index (χ3n) is 1.98. The van der Waals surface area contributed by atoms with Crippen LogP contribution in [0.2, 0.25) is 0 Å². The minimum Gasteiger partial charge on any atom is -0.103 e. The maximum atomic E-state index is 3.75. The molecule has 0 heterocycles. The number of allylic oxidation sites excluding steroid dienone is 5. The Hall–Kier alpha value is -0.780. The normalized spacial score (nSPS) is 24.2. The molecule has 1 rings (SSSR count). The first-order valence-corrected chi connectivity index (χ1v) is 4.36. The van der Waals surface area contributed by atoms with Crippen molar-refractivity contribution < 1.29 is 0 Å². The second-order valence-electron chi connectivity index (χ2n) is 3.00. The summed E-state index contributed by atoms with van der Waals surface area (Å²) in [5.41, 5.74) is 0. The lowest BCUT2D eigenvalue weighted by Crippen LogP contribution is -1.93. The van der Waals surface area contributed by atoms with Crippen LogP contribution in [0.25, 0.3) is 0 Å². The zero-order chi connectivity index (χ0) is 7.94. The van der Waals surface area contributed by atoms with Gasteiger partial charge < -0.3 is 0 Å². The van der Waals surface area contributed by atoms with Crippen molar-refractivity contribution in [3.8, 4) is 0 Å². The van der Waals surface area contributed by atoms with Gasteiger partial charge in [0.15, 0.2) is 0 Å². The van der Waals surface area contributed by atoms with Gasteiger partial charge in [0.25, 0.3) is 0 Å². The summed E-state index contributed by atoms with van der Waals surface area (Å²) in [6.07, 6.45) is 15.9. The Morgan fingerprint density at radius 3 is 2.91 bits per heavy atom. The standard InChI is InChI=1S/C11H16/c1-2-8-11-9-6-4-3-5-7-10-11/h2,4,6-7,10-11H,1,3,5,8-9H2. The van der Waals surface area contributed by atoms with E-state index < -0.39 is 0 Å². The third-order valence-corrected chi connectivity index (χ3v) is 1.98. The lowest BCUT2D eigenvalue weighted by atomic mass is 9.98. The van der Waals surface area contributed by atoms with Gasteiger partial charge in [0.1, 0.15) is 0 Å². The largest absolute Gasteiger partial charge is 0.103 e. The van der Waals surface area contributed by atoms with Crippen LogP contribution in [0.15, 0.2) is 37.0 Å². The van der Waals surface area contributed by atoms with Gasteiger partial charge in [0.2, 0.25) is 0 Å². The van der Waals surface area contributed by atoms with Crippen LogP contribution in [-0.2, 0) is 0 Å². The lowest BCUT2D eigenvalue weighted by Gasteiger charge is -2.08. The molecule has 60 valence electrons. The van der Waals surface area contributed by atoms with E-state index in [-0.39, 0.29) is 0 Å². The molecular formula is C11H16. The van der Waals surface area contributed by atoms with Crippen molar-refractivity contribution in [2.75, 3.05) is 0 Å². The van der Waals surface area contributed by atoms with Crippen molar-refractivity contribution in [1.29, 1.82) is 0 Å². The van der Waals surface area contributed by atoms with Gasteiger partial charge in [0.05, 0.1) is 0 Å². The van der Waals surface area contributed by atoms with E-state index in [1.807, 2.05) is 6.08 Å². The Labute approximate surface area is 69.3 Å². The summed E-state index contributed by atoms with van der Waals surface area (Å²) in [6.45, 7) is 3.75. The van der Waals surface area contributed by atoms with Crippen LogP contribution in [0.1, 0.15) is 25.7 Å². The summed E-state index contributed by atoms with van der Waals surface area (Å²) in [5, 5.41) is 0. The van der Waals surface area contributed by atoms with Crippen LogP contribution in [0.5, 0.6) is 0 Å². The maximum Gasteiger partial charge on any atom is -0.0164 e. The molecular weight excluding hydrogens is 132 g/mol. The molecule has 0 spiro atoms. The van der Waals surface area contributed by atoms with Crippen LogP contribution < -0.4 is 0 Å². The highest BCUT2D eigenvalue weighted by Gasteiger charge is 2.00. The van der Waals surface area contributed by atoms with Crippen molar-refractivity contribution in [3.63, 3.8) is 0 Å². The average molecular weight is 148 g/mol. The first-order chi connectivity index (χ1) is 5.43. The molecule has 0 aromatic carbocycles. The highest BCUT2D eigenvalue weighted by molar-refractivity contribution is 4.99. The topological polar surface area (TPSA) is 0 Å². The summed E-state index contributed by atoms with van der Waals surface area (Å²) in [5.74, 6) is 0.698. The van der Waals surface area contributed by atoms with Gasteiger partial charge in [-0.15, -0.1) is 6.58 Å². The first kappa shape index (κ1) is 8.32. The van der Waals surface area contributed by atoms with Crippen molar-refractivity contribution in [1.82, 2.24) is 0 Å². The highest BCUT2D eigenvalue weighted by Crippen LogP contribution is 2.15. The fraction of sp³-hybridized carbons (Fsp3) is 0.455. The van der Waals surface area contributed by atoms with Crippen LogP contribution in [-0.4, -0.2) is 0 Å². The number of hydrogen-bond acceptors (Lipinski definition) is 0. The molecule has 11 heavy (non-hydrogen) atoms. The molecule has 0 saturated carbocycles. The van der Waals surface area contributed by atoms with Gasteiger partial charge in [-0.25, -0.2) is 0 Å². The Morgan fingerprint density at radius 2 is 2.09 bits per heavy atom. The Bertz CT molecular complexity index is 163. The van der Waals surface area contributed by atoms with Gasteiger partial charge in [-0.05, 0) is 31.6 Å². The fourth-order valence-electron chi connectivity index (χ4n) is 1.34. The lowest BCUT2D eigenvalue weighted by molar-refractivity contribution is 0.666. The van der Waals surface area contributed by atoms with Crippen molar-refractivity contribution in [2.24, 2.45) is 5.92 Å². The minimum absolute atomic E-state index is 0.698. The Balaban J connectivity index is 2.42. The Kier molecular flexibility index (Phi) is 3.74. The van der Waals surface area contributed by atoms with Gasteiger partial charge >= 0.3 is 0 Å². The van der Waals surface area contributed by atoms with Crippen molar-refractivity contribution in [2.45, 2.75) is 25.7 Å². The summed E-state index contributed by atoms with van der Waals surface area (Å²) in [6, 6.07) is 0. The molecule has 1 atom stereocenters. The monoisotopic (exact) mass is 148 g/mol. The minimum atomic E-state index is 0.698. The zero-order valence-electron chi connectivity index (χ0n) is 7.00. The zero-order valence-corrected chi connectivity index (χ0v) is 7.00. The second kappa shape index (κ2) is 4.95. The molecule has 0 saturated heterocycles. The average Bonchev–Trinajstić information content (AvgIpc) is 1.94. The number of rotatable bonds is 2. The van der Waals surface area contributed by atoms with Crippen LogP contribution in [0.3, 0.4) is 0 Å². The predicted octanol–water partition coefficient (Wildman–Crippen LogP) is 3.48. The molecule has 0 heteroatoms. The van der Waals surface area contributed by atoms with E-state index >= 15 is 0 Å². The molecule has 0 aromatic heterocycles. The molecule has 0 nitrogen and oxygen atoms in total. The molecule has 1 aliphatic rings. The van der Waals surface area contributed by atoms with Crippen LogP contribution in [0, 0.1) is 5.92 Å². The molecule has 1 aliphatic carbocycles. The fourth-order valence-corrected chi connectivity index (χ4v) is 1.34. The molecule has 0 aromatic rings. The summed E-state index contributed by atoms with van der Waals surface area (Å²) < 4.78 is 0. The van der Waals surface area contributed by atoms with Gasteiger partial charge in [-0.1, -0.05) is 30.4 Å². The molecule has 0 aliphatic heterocycles. The maximum absolute atomic E-state index is 3.75. The van der Waals surface area contributed by atoms with Crippen molar-refractivity contribution in [3.05, 3.63) is 37.0 Å². The molecule has 0 amide bonds. The molecule has 0 fully saturated rings. The second-order valence-corrected chi connectivity index (χ2v) is 3.00. The van der Waals surface area contributed by atoms with E-state index in [1.54, 1.807) is 0 Å². The molecule has 1 unspecified atom stereocenters. The van der Waals surface area contributed by atoms with Gasteiger partial charge in [-0.3, -0.25) is 0 Å². The van der Waals surface area contributed by atoms with Gasteiger partial charge in [0, 0.05) is 0 Å². The highest BCUT2D eigenvalue weighted by atomic mass is 14.1. The first-order valence-electron chi connectivity index (χ1n) is 4.36. The molecule has 0 N–H and O–H groups in total. The van der Waals surface area contributed by atoms with E-state index in [2.05, 4.69) is 30.9 Å². The van der Waals surface area contributed by atoms with Crippen LogP contribution >= 0.6 is 0 Å². The van der Waals surface area contributed by atoms with E-state index in [4.69, 9.17) is 0 Å². The van der Waals surface area contributed by atoms with Gasteiger partial charge in [-0.2, -0.15) is 0 Å². The summed E-state index contributed by atoms with van der Waals surface area (Å²) in [4.78, 5) is 0. The van der Waals surface area contributed by atoms with Crippen molar-refractivity contribution >= 4 is 0 Å². The summed E-state index contributed by atoms with van der Waals surface area (Å²) in [7, 11) is 0. The van der Waals surface area contributed by atoms with E-state index in [9.17, 15) is 0 Å². The number of hydrogen-bond donors (Lipinski definition) is 0.